The van der Waals surface area contributed by atoms with E-state index in [1.807, 2.05) is 34.6 Å². The van der Waals surface area contributed by atoms with Crippen LogP contribution in [0.5, 0.6) is 0 Å². The molecular weight excluding hydrogens is 206 g/mol. The molecule has 1 fully saturated rings. The Morgan fingerprint density at radius 3 is 2.25 bits per heavy atom. The highest BCUT2D eigenvalue weighted by Crippen LogP contribution is 2.12. The van der Waals surface area contributed by atoms with Gasteiger partial charge in [-0.05, 0) is 34.6 Å². The zero-order valence-electron chi connectivity index (χ0n) is 10.9. The Bertz CT molecular complexity index is 237. The molecule has 0 radical (unpaired) electrons. The van der Waals surface area contributed by atoms with Crippen LogP contribution in [0.2, 0.25) is 0 Å². The Morgan fingerprint density at radius 2 is 1.81 bits per heavy atom. The van der Waals surface area contributed by atoms with Crippen molar-refractivity contribution in [3.63, 3.8) is 0 Å². The molecule has 0 amide bonds. The standard InChI is InChI=1S/C12H23NO3/c1-9-6-13(7-10(2)15-9)8-11(14)16-12(3,4)5/h9-10H,6-8H2,1-5H3/t9-,10+. The maximum Gasteiger partial charge on any atom is 0.320 e. The van der Waals surface area contributed by atoms with Crippen LogP contribution in [0.4, 0.5) is 0 Å². The average molecular weight is 229 g/mol. The Balaban J connectivity index is 2.39. The molecule has 0 saturated carbocycles. The Morgan fingerprint density at radius 1 is 1.31 bits per heavy atom. The van der Waals surface area contributed by atoms with Gasteiger partial charge in [-0.15, -0.1) is 0 Å². The quantitative estimate of drug-likeness (QED) is 0.672. The van der Waals surface area contributed by atoms with Gasteiger partial charge >= 0.3 is 5.97 Å². The summed E-state index contributed by atoms with van der Waals surface area (Å²) in [7, 11) is 0. The first-order chi connectivity index (χ1) is 7.26. The second kappa shape index (κ2) is 5.15. The maximum atomic E-state index is 11.6. The minimum atomic E-state index is -0.402. The molecule has 4 heteroatoms. The Kier molecular flexibility index (Phi) is 4.33. The smallest absolute Gasteiger partial charge is 0.320 e. The number of carbonyl (C=O) groups excluding carboxylic acids is 1. The van der Waals surface area contributed by atoms with E-state index in [2.05, 4.69) is 4.90 Å². The molecule has 16 heavy (non-hydrogen) atoms. The fraction of sp³-hybridized carbons (Fsp3) is 0.917. The molecule has 0 unspecified atom stereocenters. The fourth-order valence-corrected chi connectivity index (χ4v) is 1.97. The van der Waals surface area contributed by atoms with Crippen LogP contribution in [0.15, 0.2) is 0 Å². The van der Waals surface area contributed by atoms with Crippen molar-refractivity contribution in [3.05, 3.63) is 0 Å². The van der Waals surface area contributed by atoms with Gasteiger partial charge in [0.15, 0.2) is 0 Å². The summed E-state index contributed by atoms with van der Waals surface area (Å²) in [4.78, 5) is 13.7. The molecule has 1 aliphatic rings. The molecule has 0 N–H and O–H groups in total. The number of esters is 1. The van der Waals surface area contributed by atoms with Crippen LogP contribution in [0.3, 0.4) is 0 Å². The van der Waals surface area contributed by atoms with E-state index in [4.69, 9.17) is 9.47 Å². The lowest BCUT2D eigenvalue weighted by Crippen LogP contribution is -2.48. The SMILES string of the molecule is C[C@@H]1CN(CC(=O)OC(C)(C)C)C[C@H](C)O1. The van der Waals surface area contributed by atoms with Gasteiger partial charge in [-0.25, -0.2) is 0 Å². The summed E-state index contributed by atoms with van der Waals surface area (Å²) in [5.74, 6) is -0.159. The van der Waals surface area contributed by atoms with E-state index in [1.54, 1.807) is 0 Å². The minimum absolute atomic E-state index is 0.159. The first kappa shape index (κ1) is 13.5. The molecule has 1 aliphatic heterocycles. The second-order valence-electron chi connectivity index (χ2n) is 5.54. The lowest BCUT2D eigenvalue weighted by Gasteiger charge is -2.35. The van der Waals surface area contributed by atoms with Gasteiger partial charge in [0.05, 0.1) is 18.8 Å². The molecule has 1 rings (SSSR count). The highest BCUT2D eigenvalue weighted by atomic mass is 16.6. The number of carbonyl (C=O) groups is 1. The van der Waals surface area contributed by atoms with E-state index < -0.39 is 5.60 Å². The van der Waals surface area contributed by atoms with Crippen molar-refractivity contribution in [2.75, 3.05) is 19.6 Å². The third-order valence-electron chi connectivity index (χ3n) is 2.27. The van der Waals surface area contributed by atoms with Gasteiger partial charge in [0.25, 0.3) is 0 Å². The zero-order chi connectivity index (χ0) is 12.3. The highest BCUT2D eigenvalue weighted by Gasteiger charge is 2.25. The molecule has 0 aromatic carbocycles. The van der Waals surface area contributed by atoms with Gasteiger partial charge in [0, 0.05) is 13.1 Å². The van der Waals surface area contributed by atoms with Crippen LogP contribution in [-0.4, -0.2) is 48.3 Å². The summed E-state index contributed by atoms with van der Waals surface area (Å²) in [6.45, 7) is 11.7. The molecule has 0 spiro atoms. The molecule has 0 aromatic rings. The van der Waals surface area contributed by atoms with Crippen molar-refractivity contribution in [3.8, 4) is 0 Å². The number of hydrogen-bond acceptors (Lipinski definition) is 4. The molecule has 4 nitrogen and oxygen atoms in total. The maximum absolute atomic E-state index is 11.6. The predicted molar refractivity (Wildman–Crippen MR) is 62.3 cm³/mol. The molecule has 1 saturated heterocycles. The van der Waals surface area contributed by atoms with Gasteiger partial charge in [-0.3, -0.25) is 9.69 Å². The van der Waals surface area contributed by atoms with E-state index in [1.165, 1.54) is 0 Å². The molecule has 0 aliphatic carbocycles. The largest absolute Gasteiger partial charge is 0.459 e. The number of nitrogens with zero attached hydrogens (tertiary/aromatic N) is 1. The lowest BCUT2D eigenvalue weighted by atomic mass is 10.2. The van der Waals surface area contributed by atoms with Crippen molar-refractivity contribution >= 4 is 5.97 Å². The van der Waals surface area contributed by atoms with Crippen LogP contribution in [0.1, 0.15) is 34.6 Å². The van der Waals surface area contributed by atoms with E-state index >= 15 is 0 Å². The zero-order valence-corrected chi connectivity index (χ0v) is 10.9. The summed E-state index contributed by atoms with van der Waals surface area (Å²) in [6, 6.07) is 0. The van der Waals surface area contributed by atoms with Gasteiger partial charge in [0.1, 0.15) is 5.60 Å². The van der Waals surface area contributed by atoms with Gasteiger partial charge in [0.2, 0.25) is 0 Å². The highest BCUT2D eigenvalue weighted by molar-refractivity contribution is 5.72. The predicted octanol–water partition coefficient (Wildman–Crippen LogP) is 1.44. The van der Waals surface area contributed by atoms with Crippen LogP contribution in [0, 0.1) is 0 Å². The van der Waals surface area contributed by atoms with Crippen LogP contribution < -0.4 is 0 Å². The molecule has 0 aromatic heterocycles. The summed E-state index contributed by atoms with van der Waals surface area (Å²) in [6.07, 6.45) is 0.373. The monoisotopic (exact) mass is 229 g/mol. The van der Waals surface area contributed by atoms with Gasteiger partial charge in [-0.1, -0.05) is 0 Å². The van der Waals surface area contributed by atoms with Crippen molar-refractivity contribution in [2.24, 2.45) is 0 Å². The summed E-state index contributed by atoms with van der Waals surface area (Å²) < 4.78 is 10.9. The van der Waals surface area contributed by atoms with E-state index in [0.29, 0.717) is 6.54 Å². The number of ether oxygens (including phenoxy) is 2. The van der Waals surface area contributed by atoms with Crippen molar-refractivity contribution < 1.29 is 14.3 Å². The summed E-state index contributed by atoms with van der Waals surface area (Å²) in [5.41, 5.74) is -0.402. The van der Waals surface area contributed by atoms with Gasteiger partial charge < -0.3 is 9.47 Å². The van der Waals surface area contributed by atoms with Crippen molar-refractivity contribution in [1.29, 1.82) is 0 Å². The molecule has 1 heterocycles. The van der Waals surface area contributed by atoms with Crippen molar-refractivity contribution in [1.82, 2.24) is 4.90 Å². The van der Waals surface area contributed by atoms with E-state index in [9.17, 15) is 4.79 Å². The number of rotatable bonds is 2. The second-order valence-corrected chi connectivity index (χ2v) is 5.54. The lowest BCUT2D eigenvalue weighted by molar-refractivity contribution is -0.158. The normalized spacial score (nSPS) is 27.8. The van der Waals surface area contributed by atoms with Crippen molar-refractivity contribution in [2.45, 2.75) is 52.4 Å². The van der Waals surface area contributed by atoms with Crippen LogP contribution in [-0.2, 0) is 14.3 Å². The van der Waals surface area contributed by atoms with Gasteiger partial charge in [-0.2, -0.15) is 0 Å². The van der Waals surface area contributed by atoms with Crippen LogP contribution >= 0.6 is 0 Å². The average Bonchev–Trinajstić information content (AvgIpc) is 1.96. The van der Waals surface area contributed by atoms with Crippen LogP contribution in [0.25, 0.3) is 0 Å². The summed E-state index contributed by atoms with van der Waals surface area (Å²) in [5, 5.41) is 0. The molecular formula is C12H23NO3. The number of hydrogen-bond donors (Lipinski definition) is 0. The number of morpholine rings is 1. The topological polar surface area (TPSA) is 38.8 Å². The molecule has 2 atom stereocenters. The third kappa shape index (κ3) is 4.94. The van der Waals surface area contributed by atoms with E-state index in [0.717, 1.165) is 13.1 Å². The third-order valence-corrected chi connectivity index (χ3v) is 2.27. The Labute approximate surface area is 97.9 Å². The molecule has 94 valence electrons. The van der Waals surface area contributed by atoms with E-state index in [-0.39, 0.29) is 18.2 Å². The first-order valence-electron chi connectivity index (χ1n) is 5.86. The minimum Gasteiger partial charge on any atom is -0.459 e. The first-order valence-corrected chi connectivity index (χ1v) is 5.86. The Hall–Kier alpha value is -0.610. The fourth-order valence-electron chi connectivity index (χ4n) is 1.97. The summed E-state index contributed by atoms with van der Waals surface area (Å²) >= 11 is 0. The molecule has 0 bridgehead atoms.